The quantitative estimate of drug-likeness (QED) is 0.717. The first-order valence-corrected chi connectivity index (χ1v) is 7.26. The second kappa shape index (κ2) is 6.86. The van der Waals surface area contributed by atoms with E-state index in [0.717, 1.165) is 0 Å². The summed E-state index contributed by atoms with van der Waals surface area (Å²) in [5, 5.41) is 6.95. The SMILES string of the molecule is CCOC(=O)c1[nH]nc(-c2cnccn2)c1-c1ccc(OC)nc1. The van der Waals surface area contributed by atoms with E-state index in [4.69, 9.17) is 9.47 Å². The van der Waals surface area contributed by atoms with Gasteiger partial charge in [0.1, 0.15) is 11.4 Å². The molecule has 3 rings (SSSR count). The number of ether oxygens (including phenoxy) is 2. The lowest BCUT2D eigenvalue weighted by Crippen LogP contribution is -2.06. The van der Waals surface area contributed by atoms with Crippen LogP contribution in [0.4, 0.5) is 0 Å². The first-order valence-electron chi connectivity index (χ1n) is 7.26. The maximum atomic E-state index is 12.2. The Morgan fingerprint density at radius 3 is 2.71 bits per heavy atom. The molecular weight excluding hydrogens is 310 g/mol. The van der Waals surface area contributed by atoms with Gasteiger partial charge in [0.15, 0.2) is 5.69 Å². The summed E-state index contributed by atoms with van der Waals surface area (Å²) < 4.78 is 10.2. The van der Waals surface area contributed by atoms with Crippen LogP contribution in [0.15, 0.2) is 36.9 Å². The summed E-state index contributed by atoms with van der Waals surface area (Å²) in [5.41, 5.74) is 2.52. The van der Waals surface area contributed by atoms with Gasteiger partial charge >= 0.3 is 5.97 Å². The Morgan fingerprint density at radius 1 is 1.21 bits per heavy atom. The zero-order valence-electron chi connectivity index (χ0n) is 13.2. The molecule has 0 bridgehead atoms. The molecule has 0 amide bonds. The molecular formula is C16H15N5O3. The van der Waals surface area contributed by atoms with Crippen LogP contribution in [0.5, 0.6) is 5.88 Å². The standard InChI is InChI=1S/C16H15N5O3/c1-3-24-16(22)15-13(10-4-5-12(23-2)19-8-10)14(20-21-15)11-9-17-6-7-18-11/h4-9H,3H2,1-2H3,(H,20,21). The van der Waals surface area contributed by atoms with Gasteiger partial charge in [0.25, 0.3) is 0 Å². The predicted octanol–water partition coefficient (Wildman–Crippen LogP) is 2.11. The van der Waals surface area contributed by atoms with Crippen LogP contribution in [0.3, 0.4) is 0 Å². The molecule has 0 atom stereocenters. The number of aromatic nitrogens is 5. The minimum atomic E-state index is -0.494. The Balaban J connectivity index is 2.15. The molecule has 0 spiro atoms. The molecule has 3 aromatic rings. The van der Waals surface area contributed by atoms with Crippen LogP contribution in [0.25, 0.3) is 22.5 Å². The average Bonchev–Trinajstić information content (AvgIpc) is 3.08. The van der Waals surface area contributed by atoms with Crippen molar-refractivity contribution in [1.82, 2.24) is 25.1 Å². The number of H-pyrrole nitrogens is 1. The maximum absolute atomic E-state index is 12.2. The van der Waals surface area contributed by atoms with Crippen LogP contribution in [-0.4, -0.2) is 44.8 Å². The number of nitrogens with zero attached hydrogens (tertiary/aromatic N) is 4. The fourth-order valence-corrected chi connectivity index (χ4v) is 2.23. The van der Waals surface area contributed by atoms with Crippen LogP contribution in [0.1, 0.15) is 17.4 Å². The highest BCUT2D eigenvalue weighted by Gasteiger charge is 2.23. The van der Waals surface area contributed by atoms with Crippen molar-refractivity contribution in [1.29, 1.82) is 0 Å². The van der Waals surface area contributed by atoms with E-state index in [1.165, 1.54) is 7.11 Å². The topological polar surface area (TPSA) is 103 Å². The van der Waals surface area contributed by atoms with Crippen molar-refractivity contribution in [3.63, 3.8) is 0 Å². The van der Waals surface area contributed by atoms with E-state index in [2.05, 4.69) is 25.1 Å². The van der Waals surface area contributed by atoms with Gasteiger partial charge in [-0.2, -0.15) is 5.10 Å². The van der Waals surface area contributed by atoms with Gasteiger partial charge in [-0.15, -0.1) is 0 Å². The van der Waals surface area contributed by atoms with Crippen molar-refractivity contribution in [2.45, 2.75) is 6.92 Å². The van der Waals surface area contributed by atoms with Crippen molar-refractivity contribution in [2.24, 2.45) is 0 Å². The minimum absolute atomic E-state index is 0.240. The van der Waals surface area contributed by atoms with Gasteiger partial charge in [-0.1, -0.05) is 0 Å². The molecule has 0 unspecified atom stereocenters. The third-order valence-electron chi connectivity index (χ3n) is 3.29. The molecule has 3 heterocycles. The summed E-state index contributed by atoms with van der Waals surface area (Å²) in [4.78, 5) is 24.7. The lowest BCUT2D eigenvalue weighted by Gasteiger charge is -2.06. The number of carbonyl (C=O) groups is 1. The van der Waals surface area contributed by atoms with Gasteiger partial charge in [0.2, 0.25) is 5.88 Å². The first kappa shape index (κ1) is 15.6. The highest BCUT2D eigenvalue weighted by atomic mass is 16.5. The molecule has 0 aliphatic heterocycles. The number of rotatable bonds is 5. The zero-order valence-corrected chi connectivity index (χ0v) is 13.2. The van der Waals surface area contributed by atoms with Gasteiger partial charge in [0.05, 0.1) is 19.9 Å². The zero-order chi connectivity index (χ0) is 16.9. The molecule has 3 aromatic heterocycles. The fraction of sp³-hybridized carbons (Fsp3) is 0.188. The molecule has 8 heteroatoms. The van der Waals surface area contributed by atoms with Crippen molar-refractivity contribution in [3.05, 3.63) is 42.6 Å². The summed E-state index contributed by atoms with van der Waals surface area (Å²) in [6, 6.07) is 3.50. The number of hydrogen-bond donors (Lipinski definition) is 1. The molecule has 0 aromatic carbocycles. The van der Waals surface area contributed by atoms with E-state index < -0.39 is 5.97 Å². The molecule has 8 nitrogen and oxygen atoms in total. The average molecular weight is 325 g/mol. The maximum Gasteiger partial charge on any atom is 0.357 e. The van der Waals surface area contributed by atoms with Crippen LogP contribution < -0.4 is 4.74 Å². The Hall–Kier alpha value is -3.29. The van der Waals surface area contributed by atoms with Gasteiger partial charge in [-0.05, 0) is 13.0 Å². The first-order chi connectivity index (χ1) is 11.7. The molecule has 0 radical (unpaired) electrons. The Bertz CT molecular complexity index is 831. The van der Waals surface area contributed by atoms with Gasteiger partial charge in [-0.3, -0.25) is 15.1 Å². The van der Waals surface area contributed by atoms with Gasteiger partial charge < -0.3 is 9.47 Å². The Labute approximate surface area is 137 Å². The Kier molecular flexibility index (Phi) is 4.46. The predicted molar refractivity (Wildman–Crippen MR) is 85.4 cm³/mol. The fourth-order valence-electron chi connectivity index (χ4n) is 2.23. The Morgan fingerprint density at radius 2 is 2.08 bits per heavy atom. The van der Waals surface area contributed by atoms with E-state index in [9.17, 15) is 4.79 Å². The summed E-state index contributed by atoms with van der Waals surface area (Å²) >= 11 is 0. The molecule has 0 fully saturated rings. The van der Waals surface area contributed by atoms with Gasteiger partial charge in [-0.25, -0.2) is 9.78 Å². The number of pyridine rings is 1. The van der Waals surface area contributed by atoms with Crippen LogP contribution in [-0.2, 0) is 4.74 Å². The van der Waals surface area contributed by atoms with E-state index >= 15 is 0 Å². The molecule has 0 saturated heterocycles. The minimum Gasteiger partial charge on any atom is -0.481 e. The number of hydrogen-bond acceptors (Lipinski definition) is 7. The summed E-state index contributed by atoms with van der Waals surface area (Å²) in [5.74, 6) is -0.0214. The smallest absolute Gasteiger partial charge is 0.357 e. The normalized spacial score (nSPS) is 10.4. The van der Waals surface area contributed by atoms with Crippen molar-refractivity contribution in [3.8, 4) is 28.4 Å². The summed E-state index contributed by atoms with van der Waals surface area (Å²) in [7, 11) is 1.54. The molecule has 0 saturated carbocycles. The molecule has 122 valence electrons. The molecule has 1 N–H and O–H groups in total. The van der Waals surface area contributed by atoms with Crippen molar-refractivity contribution in [2.75, 3.05) is 13.7 Å². The van der Waals surface area contributed by atoms with E-state index in [-0.39, 0.29) is 12.3 Å². The second-order valence-corrected chi connectivity index (χ2v) is 4.72. The lowest BCUT2D eigenvalue weighted by molar-refractivity contribution is 0.0520. The van der Waals surface area contributed by atoms with E-state index in [0.29, 0.717) is 28.4 Å². The molecule has 0 aliphatic carbocycles. The molecule has 24 heavy (non-hydrogen) atoms. The highest BCUT2D eigenvalue weighted by molar-refractivity contribution is 5.99. The van der Waals surface area contributed by atoms with Gasteiger partial charge in [0, 0.05) is 35.8 Å². The van der Waals surface area contributed by atoms with Crippen LogP contribution in [0.2, 0.25) is 0 Å². The third-order valence-corrected chi connectivity index (χ3v) is 3.29. The number of esters is 1. The number of carbonyl (C=O) groups excluding carboxylic acids is 1. The van der Waals surface area contributed by atoms with E-state index in [1.807, 2.05) is 0 Å². The van der Waals surface area contributed by atoms with E-state index in [1.54, 1.807) is 43.8 Å². The van der Waals surface area contributed by atoms with Crippen molar-refractivity contribution < 1.29 is 14.3 Å². The van der Waals surface area contributed by atoms with Crippen LogP contribution in [0, 0.1) is 0 Å². The number of methoxy groups -OCH3 is 1. The monoisotopic (exact) mass is 325 g/mol. The second-order valence-electron chi connectivity index (χ2n) is 4.72. The summed E-state index contributed by atoms with van der Waals surface area (Å²) in [6.45, 7) is 2.01. The summed E-state index contributed by atoms with van der Waals surface area (Å²) in [6.07, 6.45) is 6.30. The largest absolute Gasteiger partial charge is 0.481 e. The number of aromatic amines is 1. The third kappa shape index (κ3) is 2.94. The van der Waals surface area contributed by atoms with Crippen molar-refractivity contribution >= 4 is 5.97 Å². The molecule has 0 aliphatic rings. The number of nitrogens with one attached hydrogen (secondary N) is 1. The van der Waals surface area contributed by atoms with Crippen LogP contribution >= 0.6 is 0 Å². The highest BCUT2D eigenvalue weighted by Crippen LogP contribution is 2.32. The lowest BCUT2D eigenvalue weighted by atomic mass is 10.0.